The predicted octanol–water partition coefficient (Wildman–Crippen LogP) is 0.296. The van der Waals surface area contributed by atoms with Gasteiger partial charge in [0, 0.05) is 38.4 Å². The van der Waals surface area contributed by atoms with Gasteiger partial charge in [-0.05, 0) is 13.8 Å². The number of aromatic nitrogens is 2. The summed E-state index contributed by atoms with van der Waals surface area (Å²) in [6.45, 7) is 5.78. The first kappa shape index (κ1) is 12.7. The van der Waals surface area contributed by atoms with Crippen LogP contribution in [-0.2, 0) is 18.4 Å². The van der Waals surface area contributed by atoms with Gasteiger partial charge in [0.05, 0.1) is 12.7 Å². The van der Waals surface area contributed by atoms with Crippen molar-refractivity contribution in [2.75, 3.05) is 20.1 Å². The fourth-order valence-corrected chi connectivity index (χ4v) is 1.33. The Morgan fingerprint density at radius 1 is 1.62 bits per heavy atom. The molecular weight excluding hydrogens is 204 g/mol. The smallest absolute Gasteiger partial charge is 0.236 e. The highest BCUT2D eigenvalue weighted by Crippen LogP contribution is 2.04. The van der Waals surface area contributed by atoms with Gasteiger partial charge in [-0.3, -0.25) is 9.48 Å². The maximum absolute atomic E-state index is 11.5. The van der Waals surface area contributed by atoms with E-state index in [0.29, 0.717) is 13.1 Å². The van der Waals surface area contributed by atoms with Gasteiger partial charge in [-0.1, -0.05) is 0 Å². The zero-order chi connectivity index (χ0) is 12.1. The monoisotopic (exact) mass is 224 g/mol. The van der Waals surface area contributed by atoms with E-state index < -0.39 is 0 Å². The van der Waals surface area contributed by atoms with Crippen LogP contribution in [0.2, 0.25) is 0 Å². The summed E-state index contributed by atoms with van der Waals surface area (Å²) >= 11 is 0. The molecule has 0 aliphatic carbocycles. The van der Waals surface area contributed by atoms with Gasteiger partial charge in [0.2, 0.25) is 5.91 Å². The lowest BCUT2D eigenvalue weighted by Crippen LogP contribution is -2.35. The van der Waals surface area contributed by atoms with E-state index in [4.69, 9.17) is 0 Å². The molecule has 90 valence electrons. The van der Waals surface area contributed by atoms with Crippen LogP contribution >= 0.6 is 0 Å². The van der Waals surface area contributed by atoms with Gasteiger partial charge >= 0.3 is 0 Å². The van der Waals surface area contributed by atoms with E-state index in [9.17, 15) is 4.79 Å². The van der Waals surface area contributed by atoms with Crippen molar-refractivity contribution in [3.8, 4) is 0 Å². The van der Waals surface area contributed by atoms with Gasteiger partial charge in [-0.2, -0.15) is 5.10 Å². The molecule has 5 nitrogen and oxygen atoms in total. The minimum Gasteiger partial charge on any atom is -0.345 e. The minimum absolute atomic E-state index is 0.115. The molecule has 0 aromatic carbocycles. The molecule has 0 atom stereocenters. The van der Waals surface area contributed by atoms with Crippen molar-refractivity contribution in [3.05, 3.63) is 17.5 Å². The van der Waals surface area contributed by atoms with Gasteiger partial charge in [-0.25, -0.2) is 0 Å². The van der Waals surface area contributed by atoms with Crippen LogP contribution in [0.1, 0.15) is 18.2 Å². The number of aryl methyl sites for hydroxylation is 1. The van der Waals surface area contributed by atoms with Crippen LogP contribution in [0.5, 0.6) is 0 Å². The molecular formula is C11H20N4O. The number of likely N-dealkylation sites (N-methyl/N-ethyl adjacent to an activating group) is 1. The van der Waals surface area contributed by atoms with Crippen LogP contribution in [0.3, 0.4) is 0 Å². The van der Waals surface area contributed by atoms with E-state index in [1.165, 1.54) is 0 Å². The number of hydrogen-bond acceptors (Lipinski definition) is 3. The molecule has 0 radical (unpaired) electrons. The summed E-state index contributed by atoms with van der Waals surface area (Å²) < 4.78 is 1.83. The molecule has 1 aromatic rings. The molecule has 1 heterocycles. The summed E-state index contributed by atoms with van der Waals surface area (Å²) in [6.07, 6.45) is 1.83. The largest absolute Gasteiger partial charge is 0.345 e. The Morgan fingerprint density at radius 2 is 2.31 bits per heavy atom. The standard InChI is InChI=1S/C11H20N4O/c1-5-14(3)11(16)8-12-6-10-7-13-15(4)9(10)2/h7,12H,5-6,8H2,1-4H3. The summed E-state index contributed by atoms with van der Waals surface area (Å²) in [6, 6.07) is 0. The highest BCUT2D eigenvalue weighted by atomic mass is 16.2. The molecule has 0 aliphatic rings. The predicted molar refractivity (Wildman–Crippen MR) is 63.0 cm³/mol. The fraction of sp³-hybridized carbons (Fsp3) is 0.636. The molecule has 0 unspecified atom stereocenters. The third-order valence-electron chi connectivity index (χ3n) is 2.83. The SMILES string of the molecule is CCN(C)C(=O)CNCc1cnn(C)c1C. The normalized spacial score (nSPS) is 10.5. The number of hydrogen-bond donors (Lipinski definition) is 1. The van der Waals surface area contributed by atoms with Gasteiger partial charge in [0.1, 0.15) is 0 Å². The summed E-state index contributed by atoms with van der Waals surface area (Å²) in [4.78, 5) is 13.2. The minimum atomic E-state index is 0.115. The zero-order valence-corrected chi connectivity index (χ0v) is 10.4. The quantitative estimate of drug-likeness (QED) is 0.782. The van der Waals surface area contributed by atoms with Crippen LogP contribution in [0.15, 0.2) is 6.20 Å². The van der Waals surface area contributed by atoms with E-state index in [0.717, 1.165) is 17.8 Å². The average molecular weight is 224 g/mol. The number of nitrogens with zero attached hydrogens (tertiary/aromatic N) is 3. The van der Waals surface area contributed by atoms with Gasteiger partial charge in [0.15, 0.2) is 0 Å². The van der Waals surface area contributed by atoms with Crippen LogP contribution < -0.4 is 5.32 Å². The Bertz CT molecular complexity index is 359. The van der Waals surface area contributed by atoms with E-state index in [1.807, 2.05) is 31.8 Å². The molecule has 1 rings (SSSR count). The lowest BCUT2D eigenvalue weighted by molar-refractivity contribution is -0.128. The van der Waals surface area contributed by atoms with Gasteiger partial charge in [-0.15, -0.1) is 0 Å². The first-order valence-electron chi connectivity index (χ1n) is 5.48. The van der Waals surface area contributed by atoms with Crippen molar-refractivity contribution in [2.45, 2.75) is 20.4 Å². The van der Waals surface area contributed by atoms with Crippen LogP contribution in [0.4, 0.5) is 0 Å². The van der Waals surface area contributed by atoms with Gasteiger partial charge < -0.3 is 10.2 Å². The molecule has 5 heteroatoms. The van der Waals surface area contributed by atoms with Crippen molar-refractivity contribution in [2.24, 2.45) is 7.05 Å². The first-order chi connectivity index (χ1) is 7.56. The van der Waals surface area contributed by atoms with Crippen molar-refractivity contribution >= 4 is 5.91 Å². The van der Waals surface area contributed by atoms with E-state index >= 15 is 0 Å². The average Bonchev–Trinajstić information content (AvgIpc) is 2.59. The second kappa shape index (κ2) is 5.65. The van der Waals surface area contributed by atoms with Crippen LogP contribution in [-0.4, -0.2) is 40.7 Å². The highest BCUT2D eigenvalue weighted by molar-refractivity contribution is 5.77. The van der Waals surface area contributed by atoms with Crippen molar-refractivity contribution < 1.29 is 4.79 Å². The molecule has 0 saturated carbocycles. The molecule has 1 aromatic heterocycles. The molecule has 0 saturated heterocycles. The van der Waals surface area contributed by atoms with E-state index in [-0.39, 0.29) is 5.91 Å². The first-order valence-corrected chi connectivity index (χ1v) is 5.48. The summed E-state index contributed by atoms with van der Waals surface area (Å²) in [5, 5.41) is 7.27. The molecule has 1 N–H and O–H groups in total. The third kappa shape index (κ3) is 3.06. The molecule has 0 bridgehead atoms. The van der Waals surface area contributed by atoms with Crippen molar-refractivity contribution in [3.63, 3.8) is 0 Å². The maximum atomic E-state index is 11.5. The lowest BCUT2D eigenvalue weighted by atomic mass is 10.2. The topological polar surface area (TPSA) is 50.2 Å². The number of amides is 1. The number of nitrogens with one attached hydrogen (secondary N) is 1. The Morgan fingerprint density at radius 3 is 2.81 bits per heavy atom. The molecule has 0 spiro atoms. The Kier molecular flexibility index (Phi) is 4.49. The highest BCUT2D eigenvalue weighted by Gasteiger charge is 2.07. The molecule has 0 aliphatic heterocycles. The fourth-order valence-electron chi connectivity index (χ4n) is 1.33. The zero-order valence-electron chi connectivity index (χ0n) is 10.4. The second-order valence-corrected chi connectivity index (χ2v) is 3.89. The van der Waals surface area contributed by atoms with Crippen molar-refractivity contribution in [1.82, 2.24) is 20.0 Å². The second-order valence-electron chi connectivity index (χ2n) is 3.89. The lowest BCUT2D eigenvalue weighted by Gasteiger charge is -2.14. The molecule has 0 fully saturated rings. The van der Waals surface area contributed by atoms with E-state index in [1.54, 1.807) is 11.9 Å². The van der Waals surface area contributed by atoms with Crippen molar-refractivity contribution in [1.29, 1.82) is 0 Å². The summed E-state index contributed by atoms with van der Waals surface area (Å²) in [7, 11) is 3.72. The Hall–Kier alpha value is -1.36. The Labute approximate surface area is 96.4 Å². The number of carbonyl (C=O) groups is 1. The number of rotatable bonds is 5. The molecule has 1 amide bonds. The third-order valence-corrected chi connectivity index (χ3v) is 2.83. The number of carbonyl (C=O) groups excluding carboxylic acids is 1. The van der Waals surface area contributed by atoms with Gasteiger partial charge in [0.25, 0.3) is 0 Å². The van der Waals surface area contributed by atoms with Crippen LogP contribution in [0, 0.1) is 6.92 Å². The summed E-state index contributed by atoms with van der Waals surface area (Å²) in [5.41, 5.74) is 2.26. The maximum Gasteiger partial charge on any atom is 0.236 e. The Balaban J connectivity index is 2.36. The summed E-state index contributed by atoms with van der Waals surface area (Å²) in [5.74, 6) is 0.115. The van der Waals surface area contributed by atoms with Crippen LogP contribution in [0.25, 0.3) is 0 Å². The molecule has 16 heavy (non-hydrogen) atoms. The van der Waals surface area contributed by atoms with E-state index in [2.05, 4.69) is 10.4 Å².